The van der Waals surface area contributed by atoms with E-state index in [0.717, 1.165) is 44.0 Å². The third-order valence-electron chi connectivity index (χ3n) is 5.48. The van der Waals surface area contributed by atoms with Crippen molar-refractivity contribution in [1.29, 1.82) is 0 Å². The molecule has 1 aromatic rings. The van der Waals surface area contributed by atoms with Crippen LogP contribution in [0.3, 0.4) is 0 Å². The van der Waals surface area contributed by atoms with Gasteiger partial charge in [0.15, 0.2) is 5.82 Å². The third-order valence-corrected chi connectivity index (χ3v) is 5.48. The summed E-state index contributed by atoms with van der Waals surface area (Å²) in [5.41, 5.74) is 0.284. The molecule has 6 heteroatoms. The highest BCUT2D eigenvalue weighted by molar-refractivity contribution is 5.76. The predicted molar refractivity (Wildman–Crippen MR) is 88.5 cm³/mol. The van der Waals surface area contributed by atoms with Gasteiger partial charge in [-0.05, 0) is 45.7 Å². The Balaban J connectivity index is 1.86. The number of carboxylic acid groups (broad SMARTS) is 1. The normalized spacial score (nSPS) is 28.7. The summed E-state index contributed by atoms with van der Waals surface area (Å²) in [7, 11) is 0. The highest BCUT2D eigenvalue weighted by Crippen LogP contribution is 2.44. The largest absolute Gasteiger partial charge is 0.481 e. The van der Waals surface area contributed by atoms with Crippen molar-refractivity contribution in [2.45, 2.75) is 39.7 Å². The van der Waals surface area contributed by atoms with Crippen LogP contribution in [0.4, 0.5) is 5.82 Å². The van der Waals surface area contributed by atoms with E-state index in [1.54, 1.807) is 0 Å². The van der Waals surface area contributed by atoms with E-state index in [-0.39, 0.29) is 5.92 Å². The Morgan fingerprint density at radius 2 is 2.13 bits per heavy atom. The maximum absolute atomic E-state index is 12.1. The fraction of sp³-hybridized carbons (Fsp3) is 0.706. The smallest absolute Gasteiger partial charge is 0.311 e. The Morgan fingerprint density at radius 1 is 1.35 bits per heavy atom. The number of carbonyl (C=O) groups is 1. The zero-order chi connectivity index (χ0) is 16.6. The van der Waals surface area contributed by atoms with Gasteiger partial charge < -0.3 is 10.0 Å². The Hall–Kier alpha value is -1.69. The molecule has 0 saturated carbocycles. The minimum atomic E-state index is -0.637. The van der Waals surface area contributed by atoms with Crippen LogP contribution in [0.1, 0.15) is 32.4 Å². The molecule has 0 aromatic carbocycles. The highest BCUT2D eigenvalue weighted by Gasteiger charge is 2.53. The predicted octanol–water partition coefficient (Wildman–Crippen LogP) is 1.80. The zero-order valence-corrected chi connectivity index (χ0v) is 14.2. The Kier molecular flexibility index (Phi) is 4.27. The van der Waals surface area contributed by atoms with Gasteiger partial charge >= 0.3 is 5.97 Å². The van der Waals surface area contributed by atoms with E-state index in [0.29, 0.717) is 12.6 Å². The van der Waals surface area contributed by atoms with Crippen LogP contribution in [0, 0.1) is 18.3 Å². The molecule has 2 aliphatic heterocycles. The van der Waals surface area contributed by atoms with Crippen LogP contribution in [-0.4, -0.2) is 58.4 Å². The number of anilines is 1. The van der Waals surface area contributed by atoms with E-state index < -0.39 is 11.4 Å². The van der Waals surface area contributed by atoms with Gasteiger partial charge in [-0.1, -0.05) is 0 Å². The molecule has 2 aliphatic rings. The second kappa shape index (κ2) is 6.07. The van der Waals surface area contributed by atoms with Crippen LogP contribution in [0.5, 0.6) is 0 Å². The van der Waals surface area contributed by atoms with Gasteiger partial charge in [0.25, 0.3) is 0 Å². The maximum atomic E-state index is 12.1. The molecular weight excluding hydrogens is 292 g/mol. The molecule has 1 aromatic heterocycles. The summed E-state index contributed by atoms with van der Waals surface area (Å²) >= 11 is 0. The first-order valence-corrected chi connectivity index (χ1v) is 8.45. The van der Waals surface area contributed by atoms with E-state index in [4.69, 9.17) is 0 Å². The van der Waals surface area contributed by atoms with Crippen molar-refractivity contribution < 1.29 is 9.90 Å². The SMILES string of the molecule is Cc1ccc(N2CCC[C@@]3(C(=O)O)CN(C(C)C)C[C@H]3C2)nn1. The molecule has 2 fully saturated rings. The molecule has 0 aliphatic carbocycles. The van der Waals surface area contributed by atoms with Gasteiger partial charge in [-0.15, -0.1) is 5.10 Å². The summed E-state index contributed by atoms with van der Waals surface area (Å²) in [4.78, 5) is 16.6. The van der Waals surface area contributed by atoms with Crippen LogP contribution in [0.2, 0.25) is 0 Å². The summed E-state index contributed by atoms with van der Waals surface area (Å²) in [5.74, 6) is 0.357. The molecule has 1 N–H and O–H groups in total. The summed E-state index contributed by atoms with van der Waals surface area (Å²) in [6.45, 7) is 9.32. The van der Waals surface area contributed by atoms with E-state index in [9.17, 15) is 9.90 Å². The molecule has 0 spiro atoms. The molecule has 2 saturated heterocycles. The molecule has 0 bridgehead atoms. The van der Waals surface area contributed by atoms with E-state index >= 15 is 0 Å². The summed E-state index contributed by atoms with van der Waals surface area (Å²) in [6.07, 6.45) is 1.62. The first kappa shape index (κ1) is 16.2. The highest BCUT2D eigenvalue weighted by atomic mass is 16.4. The number of hydrogen-bond acceptors (Lipinski definition) is 5. The van der Waals surface area contributed by atoms with E-state index in [2.05, 4.69) is 33.8 Å². The zero-order valence-electron chi connectivity index (χ0n) is 14.2. The number of rotatable bonds is 3. The molecule has 3 rings (SSSR count). The Bertz CT molecular complexity index is 574. The fourth-order valence-corrected chi connectivity index (χ4v) is 3.98. The minimum Gasteiger partial charge on any atom is -0.481 e. The van der Waals surface area contributed by atoms with E-state index in [1.165, 1.54) is 0 Å². The Labute approximate surface area is 137 Å². The standard InChI is InChI=1S/C17H26N4O2/c1-12(2)21-10-14-9-20(15-6-5-13(3)18-19-15)8-4-7-17(14,11-21)16(22)23/h5-6,12,14H,4,7-11H2,1-3H3,(H,22,23)/t14-,17-/m1/s1. The second-order valence-electron chi connectivity index (χ2n) is 7.26. The van der Waals surface area contributed by atoms with Gasteiger partial charge in [-0.25, -0.2) is 0 Å². The number of aromatic nitrogens is 2. The first-order valence-electron chi connectivity index (χ1n) is 8.45. The summed E-state index contributed by atoms with van der Waals surface area (Å²) in [5, 5.41) is 18.4. The van der Waals surface area contributed by atoms with Gasteiger partial charge in [-0.2, -0.15) is 5.10 Å². The van der Waals surface area contributed by atoms with Gasteiger partial charge in [0.2, 0.25) is 0 Å². The number of carboxylic acids is 1. The van der Waals surface area contributed by atoms with Crippen molar-refractivity contribution >= 4 is 11.8 Å². The van der Waals surface area contributed by atoms with Gasteiger partial charge in [0.1, 0.15) is 0 Å². The minimum absolute atomic E-state index is 0.132. The second-order valence-corrected chi connectivity index (χ2v) is 7.26. The van der Waals surface area contributed by atoms with Crippen LogP contribution in [0.25, 0.3) is 0 Å². The van der Waals surface area contributed by atoms with Crippen molar-refractivity contribution in [2.24, 2.45) is 11.3 Å². The van der Waals surface area contributed by atoms with Crippen LogP contribution in [0.15, 0.2) is 12.1 Å². The monoisotopic (exact) mass is 318 g/mol. The van der Waals surface area contributed by atoms with Crippen molar-refractivity contribution in [3.63, 3.8) is 0 Å². The lowest BCUT2D eigenvalue weighted by molar-refractivity contribution is -0.150. The van der Waals surface area contributed by atoms with Crippen molar-refractivity contribution in [3.8, 4) is 0 Å². The molecule has 6 nitrogen and oxygen atoms in total. The number of nitrogens with zero attached hydrogens (tertiary/aromatic N) is 4. The van der Waals surface area contributed by atoms with Gasteiger partial charge in [-0.3, -0.25) is 9.69 Å². The summed E-state index contributed by atoms with van der Waals surface area (Å²) < 4.78 is 0. The van der Waals surface area contributed by atoms with Gasteiger partial charge in [0, 0.05) is 38.1 Å². The van der Waals surface area contributed by atoms with Crippen molar-refractivity contribution in [2.75, 3.05) is 31.1 Å². The van der Waals surface area contributed by atoms with Crippen LogP contribution in [-0.2, 0) is 4.79 Å². The summed E-state index contributed by atoms with van der Waals surface area (Å²) in [6, 6.07) is 4.34. The average molecular weight is 318 g/mol. The molecule has 0 radical (unpaired) electrons. The molecule has 2 atom stereocenters. The topological polar surface area (TPSA) is 69.6 Å². The molecule has 0 unspecified atom stereocenters. The molecule has 0 amide bonds. The number of aryl methyl sites for hydroxylation is 1. The van der Waals surface area contributed by atoms with Crippen LogP contribution < -0.4 is 4.90 Å². The number of fused-ring (bicyclic) bond motifs is 1. The quantitative estimate of drug-likeness (QED) is 0.916. The molecular formula is C17H26N4O2. The number of hydrogen-bond donors (Lipinski definition) is 1. The van der Waals surface area contributed by atoms with Crippen molar-refractivity contribution in [1.82, 2.24) is 15.1 Å². The van der Waals surface area contributed by atoms with Gasteiger partial charge in [0.05, 0.1) is 11.1 Å². The molecule has 23 heavy (non-hydrogen) atoms. The third kappa shape index (κ3) is 2.92. The molecule has 126 valence electrons. The first-order chi connectivity index (χ1) is 10.9. The Morgan fingerprint density at radius 3 is 2.74 bits per heavy atom. The fourth-order valence-electron chi connectivity index (χ4n) is 3.98. The molecule has 3 heterocycles. The van der Waals surface area contributed by atoms with E-state index in [1.807, 2.05) is 19.1 Å². The number of likely N-dealkylation sites (tertiary alicyclic amines) is 1. The number of aliphatic carboxylic acids is 1. The van der Waals surface area contributed by atoms with Crippen molar-refractivity contribution in [3.05, 3.63) is 17.8 Å². The lowest BCUT2D eigenvalue weighted by Gasteiger charge is -2.30. The van der Waals surface area contributed by atoms with Crippen LogP contribution >= 0.6 is 0 Å². The average Bonchev–Trinajstić information content (AvgIpc) is 2.78. The lowest BCUT2D eigenvalue weighted by atomic mass is 9.75. The lowest BCUT2D eigenvalue weighted by Crippen LogP contribution is -2.41. The maximum Gasteiger partial charge on any atom is 0.311 e.